The second kappa shape index (κ2) is 4.75. The van der Waals surface area contributed by atoms with Gasteiger partial charge in [-0.3, -0.25) is 0 Å². The first-order chi connectivity index (χ1) is 6.61. The Labute approximate surface area is 94.1 Å². The van der Waals surface area contributed by atoms with Gasteiger partial charge in [-0.2, -0.15) is 0 Å². The van der Waals surface area contributed by atoms with Crippen molar-refractivity contribution in [2.45, 2.75) is 5.33 Å². The zero-order chi connectivity index (χ0) is 10.7. The van der Waals surface area contributed by atoms with Crippen molar-refractivity contribution < 1.29 is 13.9 Å². The molecular weight excluding hydrogens is 274 g/mol. The van der Waals surface area contributed by atoms with Gasteiger partial charge in [-0.15, -0.1) is 0 Å². The fourth-order valence-electron chi connectivity index (χ4n) is 0.988. The Morgan fingerprint density at radius 1 is 1.64 bits per heavy atom. The van der Waals surface area contributed by atoms with Crippen LogP contribution >= 0.6 is 27.5 Å². The van der Waals surface area contributed by atoms with Crippen molar-refractivity contribution >= 4 is 33.5 Å². The van der Waals surface area contributed by atoms with Crippen molar-refractivity contribution in [3.8, 4) is 0 Å². The van der Waals surface area contributed by atoms with E-state index < -0.39 is 11.8 Å². The van der Waals surface area contributed by atoms with E-state index in [0.717, 1.165) is 0 Å². The van der Waals surface area contributed by atoms with E-state index in [9.17, 15) is 9.18 Å². The summed E-state index contributed by atoms with van der Waals surface area (Å²) in [6.07, 6.45) is 0. The number of carbonyl (C=O) groups excluding carboxylic acids is 1. The highest BCUT2D eigenvalue weighted by atomic mass is 79.9. The van der Waals surface area contributed by atoms with Crippen LogP contribution in [0.2, 0.25) is 5.02 Å². The number of esters is 1. The molecule has 2 nitrogen and oxygen atoms in total. The monoisotopic (exact) mass is 280 g/mol. The van der Waals surface area contributed by atoms with Crippen LogP contribution in [-0.2, 0) is 10.1 Å². The van der Waals surface area contributed by atoms with E-state index in [0.29, 0.717) is 10.9 Å². The lowest BCUT2D eigenvalue weighted by molar-refractivity contribution is 0.0595. The van der Waals surface area contributed by atoms with E-state index in [-0.39, 0.29) is 10.6 Å². The van der Waals surface area contributed by atoms with Crippen molar-refractivity contribution in [1.82, 2.24) is 0 Å². The van der Waals surface area contributed by atoms with Gasteiger partial charge in [-0.05, 0) is 11.6 Å². The first-order valence-corrected chi connectivity index (χ1v) is 5.23. The Bertz CT molecular complexity index is 368. The lowest BCUT2D eigenvalue weighted by atomic mass is 10.1. The fraction of sp³-hybridized carbons (Fsp3) is 0.222. The average Bonchev–Trinajstić information content (AvgIpc) is 2.18. The number of ether oxygens (including phenoxy) is 1. The average molecular weight is 282 g/mol. The smallest absolute Gasteiger partial charge is 0.342 e. The molecule has 0 saturated carbocycles. The minimum atomic E-state index is -0.768. The number of halogens is 3. The highest BCUT2D eigenvalue weighted by Gasteiger charge is 2.18. The van der Waals surface area contributed by atoms with Crippen LogP contribution in [0.5, 0.6) is 0 Å². The fourth-order valence-corrected chi connectivity index (χ4v) is 1.91. The van der Waals surface area contributed by atoms with Crippen LogP contribution in [0.25, 0.3) is 0 Å². The van der Waals surface area contributed by atoms with Gasteiger partial charge in [-0.1, -0.05) is 33.6 Å². The van der Waals surface area contributed by atoms with Crippen LogP contribution in [0.15, 0.2) is 12.1 Å². The summed E-state index contributed by atoms with van der Waals surface area (Å²) in [4.78, 5) is 11.2. The molecule has 0 aliphatic carbocycles. The molecule has 0 amide bonds. The topological polar surface area (TPSA) is 26.3 Å². The molecule has 0 unspecified atom stereocenters. The Balaban J connectivity index is 3.32. The van der Waals surface area contributed by atoms with Crippen LogP contribution in [0.4, 0.5) is 4.39 Å². The lowest BCUT2D eigenvalue weighted by Crippen LogP contribution is -2.06. The van der Waals surface area contributed by atoms with E-state index in [4.69, 9.17) is 11.6 Å². The summed E-state index contributed by atoms with van der Waals surface area (Å²) in [6.45, 7) is 0. The van der Waals surface area contributed by atoms with E-state index >= 15 is 0 Å². The number of hydrogen-bond acceptors (Lipinski definition) is 2. The highest BCUT2D eigenvalue weighted by Crippen LogP contribution is 2.26. The quantitative estimate of drug-likeness (QED) is 0.615. The van der Waals surface area contributed by atoms with E-state index in [2.05, 4.69) is 20.7 Å². The normalized spacial score (nSPS) is 10.0. The van der Waals surface area contributed by atoms with E-state index in [1.807, 2.05) is 0 Å². The van der Waals surface area contributed by atoms with Crippen molar-refractivity contribution in [2.24, 2.45) is 0 Å². The Hall–Kier alpha value is -0.610. The van der Waals surface area contributed by atoms with E-state index in [1.54, 1.807) is 0 Å². The van der Waals surface area contributed by atoms with E-state index in [1.165, 1.54) is 19.2 Å². The van der Waals surface area contributed by atoms with Crippen LogP contribution in [0, 0.1) is 5.82 Å². The van der Waals surface area contributed by atoms with Crippen molar-refractivity contribution in [2.75, 3.05) is 7.11 Å². The summed E-state index contributed by atoms with van der Waals surface area (Å²) >= 11 is 9.00. The van der Waals surface area contributed by atoms with Crippen LogP contribution in [0.3, 0.4) is 0 Å². The molecule has 0 aliphatic rings. The maximum absolute atomic E-state index is 13.2. The third kappa shape index (κ3) is 2.07. The maximum Gasteiger partial charge on any atom is 0.342 e. The second-order valence-corrected chi connectivity index (χ2v) is 3.46. The van der Waals surface area contributed by atoms with Gasteiger partial charge in [0.2, 0.25) is 0 Å². The highest BCUT2D eigenvalue weighted by molar-refractivity contribution is 9.08. The predicted molar refractivity (Wildman–Crippen MR) is 55.4 cm³/mol. The van der Waals surface area contributed by atoms with Gasteiger partial charge in [0.15, 0.2) is 0 Å². The third-order valence-electron chi connectivity index (χ3n) is 1.70. The molecule has 1 rings (SSSR count). The van der Waals surface area contributed by atoms with Gasteiger partial charge in [0.05, 0.1) is 12.1 Å². The zero-order valence-electron chi connectivity index (χ0n) is 7.31. The predicted octanol–water partition coefficient (Wildman–Crippen LogP) is 3.16. The summed E-state index contributed by atoms with van der Waals surface area (Å²) < 4.78 is 17.6. The number of benzene rings is 1. The maximum atomic E-state index is 13.2. The van der Waals surface area contributed by atoms with Crippen LogP contribution < -0.4 is 0 Å². The van der Waals surface area contributed by atoms with Gasteiger partial charge in [-0.25, -0.2) is 9.18 Å². The van der Waals surface area contributed by atoms with Gasteiger partial charge in [0.1, 0.15) is 11.4 Å². The molecule has 14 heavy (non-hydrogen) atoms. The number of rotatable bonds is 2. The minimum absolute atomic E-state index is 0.0914. The second-order valence-electron chi connectivity index (χ2n) is 2.52. The van der Waals surface area contributed by atoms with Gasteiger partial charge < -0.3 is 4.74 Å². The van der Waals surface area contributed by atoms with Crippen molar-refractivity contribution in [3.63, 3.8) is 0 Å². The summed E-state index contributed by atoms with van der Waals surface area (Å²) in [5, 5.41) is 0.546. The number of alkyl halides is 1. The van der Waals surface area contributed by atoms with Crippen molar-refractivity contribution in [3.05, 3.63) is 34.1 Å². The number of methoxy groups -OCH3 is 1. The molecule has 0 aromatic heterocycles. The largest absolute Gasteiger partial charge is 0.465 e. The SMILES string of the molecule is COC(=O)c1c(F)ccc(CBr)c1Cl. The molecule has 0 heterocycles. The summed E-state index contributed by atoms with van der Waals surface area (Å²) in [5.74, 6) is -1.44. The molecule has 0 spiro atoms. The molecule has 0 radical (unpaired) electrons. The lowest BCUT2D eigenvalue weighted by Gasteiger charge is -2.06. The summed E-state index contributed by atoms with van der Waals surface area (Å²) in [7, 11) is 1.18. The summed E-state index contributed by atoms with van der Waals surface area (Å²) in [5.41, 5.74) is 0.430. The third-order valence-corrected chi connectivity index (χ3v) is 2.74. The molecule has 1 aromatic rings. The van der Waals surface area contributed by atoms with Gasteiger partial charge in [0.25, 0.3) is 0 Å². The molecule has 5 heteroatoms. The molecule has 0 aliphatic heterocycles. The minimum Gasteiger partial charge on any atom is -0.465 e. The first-order valence-electron chi connectivity index (χ1n) is 3.73. The molecule has 0 N–H and O–H groups in total. The first kappa shape index (κ1) is 11.5. The van der Waals surface area contributed by atoms with Crippen LogP contribution in [0.1, 0.15) is 15.9 Å². The molecule has 0 fully saturated rings. The molecule has 1 aromatic carbocycles. The number of carbonyl (C=O) groups is 1. The number of hydrogen-bond donors (Lipinski definition) is 0. The molecule has 0 bridgehead atoms. The standard InChI is InChI=1S/C9H7BrClFO2/c1-14-9(13)7-6(12)3-2-5(4-10)8(7)11/h2-3H,4H2,1H3. The summed E-state index contributed by atoms with van der Waals surface area (Å²) in [6, 6.07) is 2.70. The Morgan fingerprint density at radius 3 is 2.79 bits per heavy atom. The Kier molecular flexibility index (Phi) is 3.89. The molecule has 0 saturated heterocycles. The molecule has 76 valence electrons. The molecule has 0 atom stereocenters. The van der Waals surface area contributed by atoms with Gasteiger partial charge in [0, 0.05) is 5.33 Å². The Morgan fingerprint density at radius 2 is 2.29 bits per heavy atom. The van der Waals surface area contributed by atoms with Crippen molar-refractivity contribution in [1.29, 1.82) is 0 Å². The molecular formula is C9H7BrClFO2. The van der Waals surface area contributed by atoms with Gasteiger partial charge >= 0.3 is 5.97 Å². The van der Waals surface area contributed by atoms with Crippen LogP contribution in [-0.4, -0.2) is 13.1 Å². The zero-order valence-corrected chi connectivity index (χ0v) is 9.65.